The van der Waals surface area contributed by atoms with Crippen LogP contribution in [0.25, 0.3) is 22.3 Å². The molecule has 0 saturated heterocycles. The van der Waals surface area contributed by atoms with E-state index in [1.165, 1.54) is 17.6 Å². The zero-order valence-electron chi connectivity index (χ0n) is 17.5. The molecule has 152 valence electrons. The van der Waals surface area contributed by atoms with Gasteiger partial charge in [0.15, 0.2) is 5.65 Å². The topological polar surface area (TPSA) is 67.9 Å². The van der Waals surface area contributed by atoms with Gasteiger partial charge in [-0.1, -0.05) is 42.5 Å². The quantitative estimate of drug-likeness (QED) is 0.480. The molecule has 2 aromatic carbocycles. The normalized spacial score (nSPS) is 11.0. The molecule has 0 radical (unpaired) electrons. The summed E-state index contributed by atoms with van der Waals surface area (Å²) in [6.07, 6.45) is 3.26. The van der Waals surface area contributed by atoms with Crippen LogP contribution in [-0.4, -0.2) is 28.0 Å². The standard InChI is InChI=1S/C25H27N5/c1-3-30(4-2)21-14-12-19(13-15-21)22-16-20(11-10-18-8-6-5-7-9-18)23-24(26)27-17-28-25(23)29-22/h5-9,12-17H,3-4,10-11H2,1-2H3,(H2,26,27,28,29). The predicted molar refractivity (Wildman–Crippen MR) is 125 cm³/mol. The molecular formula is C25H27N5. The zero-order chi connectivity index (χ0) is 20.9. The van der Waals surface area contributed by atoms with Gasteiger partial charge in [0.2, 0.25) is 0 Å². The number of rotatable bonds is 7. The second-order valence-corrected chi connectivity index (χ2v) is 7.33. The maximum absolute atomic E-state index is 6.20. The number of hydrogen-bond donors (Lipinski definition) is 1. The van der Waals surface area contributed by atoms with Crippen molar-refractivity contribution in [2.24, 2.45) is 0 Å². The van der Waals surface area contributed by atoms with Crippen LogP contribution in [0.4, 0.5) is 11.5 Å². The molecule has 0 unspecified atom stereocenters. The van der Waals surface area contributed by atoms with Crippen LogP contribution in [0.2, 0.25) is 0 Å². The van der Waals surface area contributed by atoms with Crippen LogP contribution < -0.4 is 10.6 Å². The SMILES string of the molecule is CCN(CC)c1ccc(-c2cc(CCc3ccccc3)c3c(N)ncnc3n2)cc1. The van der Waals surface area contributed by atoms with E-state index >= 15 is 0 Å². The lowest BCUT2D eigenvalue weighted by molar-refractivity contribution is 0.866. The Balaban J connectivity index is 1.72. The number of nitrogens with two attached hydrogens (primary N) is 1. The van der Waals surface area contributed by atoms with Gasteiger partial charge in [-0.2, -0.15) is 0 Å². The predicted octanol–water partition coefficient (Wildman–Crippen LogP) is 4.91. The number of benzene rings is 2. The number of pyridine rings is 1. The lowest BCUT2D eigenvalue weighted by Gasteiger charge is -2.21. The van der Waals surface area contributed by atoms with E-state index < -0.39 is 0 Å². The fourth-order valence-corrected chi connectivity index (χ4v) is 3.87. The second-order valence-electron chi connectivity index (χ2n) is 7.33. The van der Waals surface area contributed by atoms with Gasteiger partial charge >= 0.3 is 0 Å². The summed E-state index contributed by atoms with van der Waals surface area (Å²) >= 11 is 0. The van der Waals surface area contributed by atoms with Crippen LogP contribution >= 0.6 is 0 Å². The molecule has 2 heterocycles. The van der Waals surface area contributed by atoms with Crippen LogP contribution in [0.3, 0.4) is 0 Å². The van der Waals surface area contributed by atoms with Crippen LogP contribution in [0.1, 0.15) is 25.0 Å². The minimum Gasteiger partial charge on any atom is -0.383 e. The van der Waals surface area contributed by atoms with Gasteiger partial charge in [-0.15, -0.1) is 0 Å². The average molecular weight is 398 g/mol. The van der Waals surface area contributed by atoms with Gasteiger partial charge in [0.05, 0.1) is 11.1 Å². The van der Waals surface area contributed by atoms with Crippen molar-refractivity contribution in [3.05, 3.63) is 78.1 Å². The fraction of sp³-hybridized carbons (Fsp3) is 0.240. The van der Waals surface area contributed by atoms with Gasteiger partial charge in [0.25, 0.3) is 0 Å². The van der Waals surface area contributed by atoms with Gasteiger partial charge in [0.1, 0.15) is 12.1 Å². The second kappa shape index (κ2) is 8.91. The maximum atomic E-state index is 6.20. The number of anilines is 2. The number of aryl methyl sites for hydroxylation is 2. The molecule has 30 heavy (non-hydrogen) atoms. The van der Waals surface area contributed by atoms with E-state index in [0.717, 1.165) is 48.1 Å². The lowest BCUT2D eigenvalue weighted by atomic mass is 9.99. The first-order valence-electron chi connectivity index (χ1n) is 10.5. The van der Waals surface area contributed by atoms with Crippen molar-refractivity contribution in [1.29, 1.82) is 0 Å². The summed E-state index contributed by atoms with van der Waals surface area (Å²) in [5, 5.41) is 0.858. The highest BCUT2D eigenvalue weighted by molar-refractivity contribution is 5.90. The third kappa shape index (κ3) is 4.10. The third-order valence-corrected chi connectivity index (χ3v) is 5.53. The Morgan fingerprint density at radius 1 is 0.867 bits per heavy atom. The van der Waals surface area contributed by atoms with Gasteiger partial charge in [-0.25, -0.2) is 15.0 Å². The van der Waals surface area contributed by atoms with Crippen molar-refractivity contribution in [3.63, 3.8) is 0 Å². The van der Waals surface area contributed by atoms with Crippen molar-refractivity contribution in [3.8, 4) is 11.3 Å². The minimum atomic E-state index is 0.485. The smallest absolute Gasteiger partial charge is 0.165 e. The monoisotopic (exact) mass is 397 g/mol. The summed E-state index contributed by atoms with van der Waals surface area (Å²) in [5.74, 6) is 0.485. The first-order valence-corrected chi connectivity index (χ1v) is 10.5. The Morgan fingerprint density at radius 2 is 1.60 bits per heavy atom. The molecule has 0 saturated carbocycles. The Morgan fingerprint density at radius 3 is 2.30 bits per heavy atom. The van der Waals surface area contributed by atoms with Crippen LogP contribution in [0, 0.1) is 0 Å². The van der Waals surface area contributed by atoms with E-state index in [0.29, 0.717) is 11.5 Å². The zero-order valence-corrected chi connectivity index (χ0v) is 17.5. The van der Waals surface area contributed by atoms with Gasteiger partial charge in [-0.05, 0) is 56.0 Å². The Hall–Kier alpha value is -3.47. The van der Waals surface area contributed by atoms with Gasteiger partial charge < -0.3 is 10.6 Å². The lowest BCUT2D eigenvalue weighted by Crippen LogP contribution is -2.21. The number of hydrogen-bond acceptors (Lipinski definition) is 5. The highest BCUT2D eigenvalue weighted by Gasteiger charge is 2.13. The van der Waals surface area contributed by atoms with Crippen molar-refractivity contribution in [2.45, 2.75) is 26.7 Å². The van der Waals surface area contributed by atoms with Crippen LogP contribution in [-0.2, 0) is 12.8 Å². The minimum absolute atomic E-state index is 0.485. The number of nitrogens with zero attached hydrogens (tertiary/aromatic N) is 4. The van der Waals surface area contributed by atoms with Crippen LogP contribution in [0.5, 0.6) is 0 Å². The molecule has 0 aliphatic rings. The van der Waals surface area contributed by atoms with Gasteiger partial charge in [0, 0.05) is 24.3 Å². The molecule has 4 rings (SSSR count). The fourth-order valence-electron chi connectivity index (χ4n) is 3.87. The van der Waals surface area contributed by atoms with E-state index in [4.69, 9.17) is 10.7 Å². The molecule has 5 heteroatoms. The number of fused-ring (bicyclic) bond motifs is 1. The molecule has 0 fully saturated rings. The van der Waals surface area contributed by atoms with Crippen molar-refractivity contribution in [2.75, 3.05) is 23.7 Å². The van der Waals surface area contributed by atoms with Gasteiger partial charge in [-0.3, -0.25) is 0 Å². The Labute approximate surface area is 177 Å². The molecule has 0 spiro atoms. The van der Waals surface area contributed by atoms with E-state index in [1.807, 2.05) is 6.07 Å². The molecular weight excluding hydrogens is 370 g/mol. The summed E-state index contributed by atoms with van der Waals surface area (Å²) in [7, 11) is 0. The number of nitrogen functional groups attached to an aromatic ring is 1. The van der Waals surface area contributed by atoms with E-state index in [9.17, 15) is 0 Å². The highest BCUT2D eigenvalue weighted by Crippen LogP contribution is 2.28. The van der Waals surface area contributed by atoms with E-state index in [1.54, 1.807) is 0 Å². The maximum Gasteiger partial charge on any atom is 0.165 e. The molecule has 0 bridgehead atoms. The molecule has 2 N–H and O–H groups in total. The first-order chi connectivity index (χ1) is 14.7. The van der Waals surface area contributed by atoms with Crippen LogP contribution in [0.15, 0.2) is 67.0 Å². The molecule has 2 aromatic heterocycles. The molecule has 0 aliphatic heterocycles. The summed E-state index contributed by atoms with van der Waals surface area (Å²) in [6.45, 7) is 6.32. The highest BCUT2D eigenvalue weighted by atomic mass is 15.1. The Bertz CT molecular complexity index is 1120. The summed E-state index contributed by atoms with van der Waals surface area (Å²) < 4.78 is 0. The van der Waals surface area contributed by atoms with Crippen molar-refractivity contribution >= 4 is 22.5 Å². The van der Waals surface area contributed by atoms with Crippen molar-refractivity contribution in [1.82, 2.24) is 15.0 Å². The largest absolute Gasteiger partial charge is 0.383 e. The van der Waals surface area contributed by atoms with E-state index in [2.05, 4.69) is 83.3 Å². The molecule has 5 nitrogen and oxygen atoms in total. The summed E-state index contributed by atoms with van der Waals surface area (Å²) in [5.41, 5.74) is 12.5. The average Bonchev–Trinajstić information content (AvgIpc) is 2.79. The number of aromatic nitrogens is 3. The van der Waals surface area contributed by atoms with E-state index in [-0.39, 0.29) is 0 Å². The summed E-state index contributed by atoms with van der Waals surface area (Å²) in [4.78, 5) is 15.7. The Kier molecular flexibility index (Phi) is 5.89. The summed E-state index contributed by atoms with van der Waals surface area (Å²) in [6, 6.07) is 21.2. The third-order valence-electron chi connectivity index (χ3n) is 5.53. The molecule has 0 atom stereocenters. The van der Waals surface area contributed by atoms with Crippen molar-refractivity contribution < 1.29 is 0 Å². The first kappa shape index (κ1) is 19.8. The molecule has 0 amide bonds. The molecule has 0 aliphatic carbocycles. The molecule has 4 aromatic rings.